The summed E-state index contributed by atoms with van der Waals surface area (Å²) >= 11 is 0. The first-order valence-corrected chi connectivity index (χ1v) is 15.8. The minimum atomic E-state index is -0.923. The average molecular weight is 473 g/mol. The first-order chi connectivity index (χ1) is 13.2. The van der Waals surface area contributed by atoms with E-state index in [1.54, 1.807) is 0 Å². The molecule has 0 aromatic rings. The van der Waals surface area contributed by atoms with Crippen LogP contribution in [0.4, 0.5) is 0 Å². The van der Waals surface area contributed by atoms with Gasteiger partial charge in [-0.1, -0.05) is 22.8 Å². The summed E-state index contributed by atoms with van der Waals surface area (Å²) in [5.74, 6) is 0. The summed E-state index contributed by atoms with van der Waals surface area (Å²) in [7, 11) is -3.69. The molecule has 0 bridgehead atoms. The van der Waals surface area contributed by atoms with E-state index in [1.165, 1.54) is 0 Å². The normalized spacial score (nSPS) is 17.1. The lowest BCUT2D eigenvalue weighted by Crippen LogP contribution is -2.78. The molecule has 0 rings (SSSR count). The Balaban J connectivity index is 7.10. The van der Waals surface area contributed by atoms with Crippen molar-refractivity contribution in [2.45, 2.75) is 77.8 Å². The Morgan fingerprint density at radius 2 is 0.621 bits per heavy atom. The Morgan fingerprint density at radius 1 is 0.448 bits per heavy atom. The van der Waals surface area contributed by atoms with Gasteiger partial charge in [-0.3, -0.25) is 0 Å². The number of rotatable bonds is 16. The fourth-order valence-corrected chi connectivity index (χ4v) is 8.86. The van der Waals surface area contributed by atoms with Crippen LogP contribution < -0.4 is 0 Å². The van der Waals surface area contributed by atoms with Gasteiger partial charge in [0.2, 0.25) is 0 Å². The first-order valence-electron chi connectivity index (χ1n) is 10.2. The standard InChI is InChI=1S/C21H44O4Si4/c1-13-26-22-17(5,6)21(18(7,8)23-27-14-2,19(9,10)24-28-15-3)20(11,12)25-29-16-4/h13-16H,1-4,26-29H2,5-12H3. The van der Waals surface area contributed by atoms with Crippen LogP contribution in [0.5, 0.6) is 0 Å². The molecule has 0 amide bonds. The van der Waals surface area contributed by atoms with Gasteiger partial charge in [-0.25, -0.2) is 0 Å². The van der Waals surface area contributed by atoms with Crippen molar-refractivity contribution >= 4 is 39.1 Å². The van der Waals surface area contributed by atoms with Gasteiger partial charge in [-0.2, -0.15) is 0 Å². The Morgan fingerprint density at radius 3 is 0.759 bits per heavy atom. The van der Waals surface area contributed by atoms with Crippen molar-refractivity contribution in [3.63, 3.8) is 0 Å². The maximum Gasteiger partial charge on any atom is 0.185 e. The molecule has 0 unspecified atom stereocenters. The third kappa shape index (κ3) is 5.88. The van der Waals surface area contributed by atoms with E-state index in [4.69, 9.17) is 17.7 Å². The first kappa shape index (κ1) is 28.7. The van der Waals surface area contributed by atoms with Crippen LogP contribution in [-0.4, -0.2) is 61.5 Å². The minimum Gasteiger partial charge on any atom is -0.413 e. The fourth-order valence-electron chi connectivity index (χ4n) is 5.85. The second-order valence-corrected chi connectivity index (χ2v) is 14.0. The van der Waals surface area contributed by atoms with Crippen molar-refractivity contribution in [2.75, 3.05) is 0 Å². The van der Waals surface area contributed by atoms with E-state index in [-0.39, 0.29) is 0 Å². The highest BCUT2D eigenvalue weighted by Crippen LogP contribution is 2.61. The summed E-state index contributed by atoms with van der Waals surface area (Å²) in [6, 6.07) is 0. The molecule has 4 nitrogen and oxygen atoms in total. The SMILES string of the molecule is C=C[SiH2]OC(C)(C)C(C(C)(C)O[SiH2]C=C)(C(C)(C)O[SiH2]C=C)C(C)(C)O[SiH2]C=C. The maximum absolute atomic E-state index is 6.59. The molecular weight excluding hydrogens is 429 g/mol. The molecule has 0 spiro atoms. The molecule has 0 aliphatic heterocycles. The van der Waals surface area contributed by atoms with E-state index in [2.05, 4.69) is 81.7 Å². The van der Waals surface area contributed by atoms with Crippen LogP contribution in [0.15, 0.2) is 49.1 Å². The minimum absolute atomic E-state index is 0.607. The molecule has 0 radical (unpaired) electrons. The lowest BCUT2D eigenvalue weighted by Gasteiger charge is -2.68. The van der Waals surface area contributed by atoms with Gasteiger partial charge in [-0.15, -0.1) is 26.3 Å². The second kappa shape index (κ2) is 11.3. The summed E-state index contributed by atoms with van der Waals surface area (Å²) < 4.78 is 26.4. The molecule has 0 aromatic heterocycles. The van der Waals surface area contributed by atoms with Gasteiger partial charge in [0.15, 0.2) is 39.1 Å². The zero-order valence-electron chi connectivity index (χ0n) is 20.1. The van der Waals surface area contributed by atoms with E-state index in [0.29, 0.717) is 0 Å². The number of hydrogen-bond donors (Lipinski definition) is 0. The molecule has 0 N–H and O–H groups in total. The summed E-state index contributed by atoms with van der Waals surface area (Å²) in [6.07, 6.45) is 0. The second-order valence-electron chi connectivity index (χ2n) is 9.19. The van der Waals surface area contributed by atoms with Gasteiger partial charge >= 0.3 is 0 Å². The van der Waals surface area contributed by atoms with Crippen molar-refractivity contribution in [1.29, 1.82) is 0 Å². The third-order valence-electron chi connectivity index (χ3n) is 5.86. The van der Waals surface area contributed by atoms with Crippen LogP contribution in [0.3, 0.4) is 0 Å². The molecule has 0 aliphatic rings. The third-order valence-corrected chi connectivity index (χ3v) is 10.4. The lowest BCUT2D eigenvalue weighted by molar-refractivity contribution is -0.286. The maximum atomic E-state index is 6.59. The van der Waals surface area contributed by atoms with E-state index < -0.39 is 66.9 Å². The molecular formula is C21H44O4Si4. The van der Waals surface area contributed by atoms with Gasteiger partial charge in [0.05, 0.1) is 27.8 Å². The van der Waals surface area contributed by atoms with Crippen LogP contribution in [0.25, 0.3) is 0 Å². The zero-order chi connectivity index (χ0) is 23.0. The molecule has 0 atom stereocenters. The quantitative estimate of drug-likeness (QED) is 0.322. The Kier molecular flexibility index (Phi) is 11.2. The predicted octanol–water partition coefficient (Wildman–Crippen LogP) is 2.06. The van der Waals surface area contributed by atoms with Gasteiger partial charge in [0.1, 0.15) is 0 Å². The van der Waals surface area contributed by atoms with Gasteiger partial charge in [-0.05, 0) is 55.4 Å². The van der Waals surface area contributed by atoms with E-state index in [1.807, 2.05) is 22.8 Å². The molecule has 0 saturated carbocycles. The van der Waals surface area contributed by atoms with Crippen LogP contribution in [0.1, 0.15) is 55.4 Å². The molecule has 0 heterocycles. The molecule has 0 saturated heterocycles. The van der Waals surface area contributed by atoms with Crippen LogP contribution >= 0.6 is 0 Å². The average Bonchev–Trinajstić information content (AvgIpc) is 2.60. The topological polar surface area (TPSA) is 36.9 Å². The van der Waals surface area contributed by atoms with Crippen molar-refractivity contribution < 1.29 is 17.7 Å². The molecule has 0 fully saturated rings. The highest BCUT2D eigenvalue weighted by Gasteiger charge is 2.71. The lowest BCUT2D eigenvalue weighted by atomic mass is 9.48. The highest BCUT2D eigenvalue weighted by atomic mass is 28.2. The highest BCUT2D eigenvalue weighted by molar-refractivity contribution is 6.35. The molecule has 168 valence electrons. The van der Waals surface area contributed by atoms with Crippen molar-refractivity contribution in [3.05, 3.63) is 49.1 Å². The Labute approximate surface area is 189 Å². The van der Waals surface area contributed by atoms with Crippen molar-refractivity contribution in [3.8, 4) is 0 Å². The summed E-state index contributed by atoms with van der Waals surface area (Å²) in [6.45, 7) is 32.8. The van der Waals surface area contributed by atoms with E-state index >= 15 is 0 Å². The zero-order valence-corrected chi connectivity index (χ0v) is 25.8. The molecule has 29 heavy (non-hydrogen) atoms. The number of hydrogen-bond acceptors (Lipinski definition) is 4. The Bertz CT molecular complexity index is 470. The summed E-state index contributed by atoms with van der Waals surface area (Å²) in [5.41, 5.74) is 4.58. The van der Waals surface area contributed by atoms with Gasteiger partial charge < -0.3 is 17.7 Å². The largest absolute Gasteiger partial charge is 0.413 e. The summed E-state index contributed by atoms with van der Waals surface area (Å²) in [5, 5.41) is 0. The monoisotopic (exact) mass is 472 g/mol. The van der Waals surface area contributed by atoms with E-state index in [9.17, 15) is 0 Å². The smallest absolute Gasteiger partial charge is 0.185 e. The van der Waals surface area contributed by atoms with Crippen molar-refractivity contribution in [2.24, 2.45) is 5.41 Å². The van der Waals surface area contributed by atoms with Crippen LogP contribution in [-0.2, 0) is 17.7 Å². The fraction of sp³-hybridized carbons (Fsp3) is 0.619. The van der Waals surface area contributed by atoms with Crippen LogP contribution in [0.2, 0.25) is 0 Å². The summed E-state index contributed by atoms with van der Waals surface area (Å²) in [4.78, 5) is 0. The molecule has 8 heteroatoms. The predicted molar refractivity (Wildman–Crippen MR) is 138 cm³/mol. The Hall–Kier alpha value is -0.332. The van der Waals surface area contributed by atoms with Gasteiger partial charge in [0, 0.05) is 0 Å². The molecule has 0 aromatic carbocycles. The van der Waals surface area contributed by atoms with Crippen molar-refractivity contribution in [1.82, 2.24) is 0 Å². The molecule has 0 aliphatic carbocycles. The van der Waals surface area contributed by atoms with Crippen LogP contribution in [0, 0.1) is 5.41 Å². The van der Waals surface area contributed by atoms with Gasteiger partial charge in [0.25, 0.3) is 0 Å². The van der Waals surface area contributed by atoms with E-state index in [0.717, 1.165) is 0 Å².